The van der Waals surface area contributed by atoms with Gasteiger partial charge >= 0.3 is 0 Å². The van der Waals surface area contributed by atoms with Crippen LogP contribution in [0.3, 0.4) is 0 Å². The van der Waals surface area contributed by atoms with E-state index in [4.69, 9.17) is 10.00 Å². The number of rotatable bonds is 49. The SMILES string of the molecule is CNCC(CO)COP(=O)([O-])OCCOP(=O)([O-])OCCOP(=O)([O-])OCCOP(=O)([O-])OCCOP(=O)([O-])OCCOP(=O)([O-])OCCOP(=O)([O-])OCCOP(=O)([O-])OCC(CNC)COP(=O)([O-])O. The molecule has 0 bridgehead atoms. The Balaban J connectivity index is 4.28. The van der Waals surface area contributed by atoms with Gasteiger partial charge in [-0.05, 0) is 14.1 Å². The highest BCUT2D eigenvalue weighted by Crippen LogP contribution is 2.46. The van der Waals surface area contributed by atoms with Gasteiger partial charge in [-0.2, -0.15) is 0 Å². The number of nitrogens with one attached hydrogen (secondary N) is 2. The molecule has 0 saturated heterocycles. The van der Waals surface area contributed by atoms with Crippen molar-refractivity contribution in [1.29, 1.82) is 0 Å². The molecule has 11 atom stereocenters. The minimum atomic E-state index is -5.27. The summed E-state index contributed by atoms with van der Waals surface area (Å²) in [6, 6.07) is 0. The molecule has 0 aliphatic carbocycles. The van der Waals surface area contributed by atoms with Gasteiger partial charge in [0.2, 0.25) is 0 Å². The van der Waals surface area contributed by atoms with Crippen LogP contribution in [-0.4, -0.2) is 156 Å². The van der Waals surface area contributed by atoms with Crippen molar-refractivity contribution >= 4 is 70.4 Å². The third-order valence-electron chi connectivity index (χ3n) is 6.73. The molecule has 72 heavy (non-hydrogen) atoms. The maximum atomic E-state index is 11.9. The Bertz CT molecular complexity index is 1960. The van der Waals surface area contributed by atoms with Crippen molar-refractivity contribution in [2.75, 3.05) is 146 Å². The van der Waals surface area contributed by atoms with Gasteiger partial charge in [0.25, 0.3) is 70.4 Å². The number of phosphoric ester groups is 9. The number of phosphoric acid groups is 9. The van der Waals surface area contributed by atoms with Crippen molar-refractivity contribution < 1.29 is 172 Å². The molecule has 48 heteroatoms. The lowest BCUT2D eigenvalue weighted by atomic mass is 10.2. The minimum Gasteiger partial charge on any atom is -0.756 e. The van der Waals surface area contributed by atoms with E-state index >= 15 is 0 Å². The average Bonchev–Trinajstić information content (AvgIpc) is 3.26. The van der Waals surface area contributed by atoms with Crippen LogP contribution in [-0.2, 0) is 118 Å². The normalized spacial score (nSPS) is 20.8. The zero-order valence-corrected chi connectivity index (χ0v) is 45.6. The van der Waals surface area contributed by atoms with Crippen LogP contribution < -0.4 is 54.7 Å². The van der Waals surface area contributed by atoms with Crippen molar-refractivity contribution in [1.82, 2.24) is 10.6 Å². The fourth-order valence-corrected chi connectivity index (χ4v) is 9.85. The van der Waals surface area contributed by atoms with Crippen LogP contribution in [0.2, 0.25) is 0 Å². The highest BCUT2D eigenvalue weighted by Gasteiger charge is 2.21. The molecule has 0 aromatic carbocycles. The Morgan fingerprint density at radius 3 is 0.667 bits per heavy atom. The summed E-state index contributed by atoms with van der Waals surface area (Å²) in [5.74, 6) is -1.50. The molecule has 4 N–H and O–H groups in total. The number of hydrogen-bond acceptors (Lipinski definition) is 38. The molecule has 0 heterocycles. The van der Waals surface area contributed by atoms with E-state index in [0.717, 1.165) is 0 Å². The van der Waals surface area contributed by atoms with Crippen LogP contribution in [0.25, 0.3) is 0 Å². The van der Waals surface area contributed by atoms with E-state index in [1.807, 2.05) is 0 Å². The van der Waals surface area contributed by atoms with Crippen LogP contribution >= 0.6 is 70.4 Å². The third kappa shape index (κ3) is 42.8. The van der Waals surface area contributed by atoms with Crippen molar-refractivity contribution in [3.05, 3.63) is 0 Å². The Labute approximate surface area is 410 Å². The molecular weight excluding hydrogens is 1190 g/mol. The van der Waals surface area contributed by atoms with E-state index in [0.29, 0.717) is 0 Å². The molecule has 0 aromatic rings. The first-order valence-electron chi connectivity index (χ1n) is 19.5. The Kier molecular flexibility index (Phi) is 36.6. The average molecular weight is 1240 g/mol. The lowest BCUT2D eigenvalue weighted by Crippen LogP contribution is -2.28. The van der Waals surface area contributed by atoms with E-state index in [2.05, 4.69) is 87.5 Å². The van der Waals surface area contributed by atoms with E-state index < -0.39 is 201 Å². The van der Waals surface area contributed by atoms with Gasteiger partial charge in [-0.25, -0.2) is 0 Å². The van der Waals surface area contributed by atoms with Crippen LogP contribution in [0.15, 0.2) is 0 Å². The van der Waals surface area contributed by atoms with Crippen LogP contribution in [0, 0.1) is 11.8 Å². The van der Waals surface area contributed by atoms with Gasteiger partial charge in [0, 0.05) is 31.5 Å². The molecule has 0 radical (unpaired) electrons. The predicted molar refractivity (Wildman–Crippen MR) is 214 cm³/mol. The maximum Gasteiger partial charge on any atom is 0.268 e. The summed E-state index contributed by atoms with van der Waals surface area (Å²) in [6.07, 6.45) is 0. The maximum absolute atomic E-state index is 11.9. The number of aliphatic hydroxyl groups excluding tert-OH is 1. The van der Waals surface area contributed by atoms with Gasteiger partial charge in [0.05, 0.1) is 112 Å². The molecule has 0 amide bonds. The molecule has 0 saturated carbocycles. The van der Waals surface area contributed by atoms with Gasteiger partial charge in [-0.15, -0.1) is 0 Å². The molecule has 434 valence electrons. The Morgan fingerprint density at radius 2 is 0.486 bits per heavy atom. The molecule has 0 rings (SSSR count). The predicted octanol–water partition coefficient (Wildman–Crippen LogP) is -5.86. The molecular formula is C24H52N2O37P9-9. The molecule has 0 spiro atoms. The summed E-state index contributed by atoms with van der Waals surface area (Å²) in [4.78, 5) is 114. The second-order valence-electron chi connectivity index (χ2n) is 12.6. The van der Waals surface area contributed by atoms with E-state index in [1.54, 1.807) is 7.05 Å². The van der Waals surface area contributed by atoms with Gasteiger partial charge in [-0.3, -0.25) is 41.1 Å². The van der Waals surface area contributed by atoms with Crippen LogP contribution in [0.1, 0.15) is 0 Å². The smallest absolute Gasteiger partial charge is 0.268 e. The number of hydrogen-bond donors (Lipinski definition) is 4. The highest BCUT2D eigenvalue weighted by atomic mass is 31.2. The topological polar surface area (TPSA) is 583 Å². The monoisotopic (exact) mass is 1240 g/mol. The Hall–Kier alpha value is 0.870. The first-order valence-corrected chi connectivity index (χ1v) is 32.7. The van der Waals surface area contributed by atoms with E-state index in [1.165, 1.54) is 7.05 Å². The fraction of sp³-hybridized carbons (Fsp3) is 1.00. The van der Waals surface area contributed by atoms with E-state index in [9.17, 15) is 85.1 Å². The molecule has 0 aliphatic rings. The zero-order chi connectivity index (χ0) is 55.2. The minimum absolute atomic E-state index is 0.0258. The standard InChI is InChI=1S/C24H61N2O37P9/c1-25-17-23(19-27)20-62-71(43,44)59-15-13-57-69(39,40)55-11-9-53-67(35,36)51-7-5-49-65(31,32)47-3-4-48-66(33,34)50-6-8-52-68(37,38)54-10-12-56-70(41,42)58-14-16-60-72(45,46)63-22-24(18-26-2)21-61-64(28,29)30/h23-27H,3-22H2,1-2H3,(H,31,32)(H,33,34)(H,35,36)(H,37,38)(H,39,40)(H,41,42)(H,43,44)(H,45,46)(H2,28,29,30)/p-9. The van der Waals surface area contributed by atoms with E-state index in [-0.39, 0.29) is 13.1 Å². The fourth-order valence-electron chi connectivity index (χ4n) is 3.90. The lowest BCUT2D eigenvalue weighted by molar-refractivity contribution is -0.238. The summed E-state index contributed by atoms with van der Waals surface area (Å²) in [7, 11) is -43.5. The van der Waals surface area contributed by atoms with Crippen LogP contribution in [0.5, 0.6) is 0 Å². The summed E-state index contributed by atoms with van der Waals surface area (Å²) in [6.45, 7) is -15.8. The number of aliphatic hydroxyl groups is 1. The zero-order valence-electron chi connectivity index (χ0n) is 37.5. The Morgan fingerprint density at radius 1 is 0.319 bits per heavy atom. The second kappa shape index (κ2) is 36.2. The largest absolute Gasteiger partial charge is 0.756 e. The van der Waals surface area contributed by atoms with Gasteiger partial charge < -0.3 is 142 Å². The molecule has 0 aromatic heterocycles. The first kappa shape index (κ1) is 72.9. The van der Waals surface area contributed by atoms with Gasteiger partial charge in [0.15, 0.2) is 0 Å². The lowest BCUT2D eigenvalue weighted by Gasteiger charge is -2.28. The van der Waals surface area contributed by atoms with Crippen molar-refractivity contribution in [2.24, 2.45) is 11.8 Å². The molecule has 0 fully saturated rings. The summed E-state index contributed by atoms with van der Waals surface area (Å²) >= 11 is 0. The molecule has 0 aliphatic heterocycles. The van der Waals surface area contributed by atoms with Crippen molar-refractivity contribution in [2.45, 2.75) is 0 Å². The molecule has 11 unspecified atom stereocenters. The highest BCUT2D eigenvalue weighted by molar-refractivity contribution is 7.48. The summed E-state index contributed by atoms with van der Waals surface area (Å²) in [5.41, 5.74) is 0. The first-order chi connectivity index (χ1) is 33.1. The van der Waals surface area contributed by atoms with Gasteiger partial charge in [-0.1, -0.05) is 0 Å². The van der Waals surface area contributed by atoms with Crippen molar-refractivity contribution in [3.63, 3.8) is 0 Å². The van der Waals surface area contributed by atoms with Crippen molar-refractivity contribution in [3.8, 4) is 0 Å². The summed E-state index contributed by atoms with van der Waals surface area (Å²) in [5, 5.41) is 14.4. The quantitative estimate of drug-likeness (QED) is 0.0325. The third-order valence-corrected chi connectivity index (χ3v) is 15.1. The van der Waals surface area contributed by atoms with Gasteiger partial charge in [0.1, 0.15) is 0 Å². The van der Waals surface area contributed by atoms with Crippen LogP contribution in [0.4, 0.5) is 0 Å². The second-order valence-corrected chi connectivity index (χ2v) is 25.1. The molecule has 39 nitrogen and oxygen atoms in total. The summed E-state index contributed by atoms with van der Waals surface area (Å²) < 4.78 is 179.